The second-order valence-electron chi connectivity index (χ2n) is 7.47. The van der Waals surface area contributed by atoms with Crippen molar-refractivity contribution in [1.82, 2.24) is 9.88 Å². The van der Waals surface area contributed by atoms with Crippen LogP contribution >= 0.6 is 27.5 Å². The van der Waals surface area contributed by atoms with Gasteiger partial charge in [-0.3, -0.25) is 15.0 Å². The zero-order chi connectivity index (χ0) is 24.7. The molecule has 0 saturated carbocycles. The summed E-state index contributed by atoms with van der Waals surface area (Å²) in [7, 11) is 0. The molecule has 0 aliphatic carbocycles. The molecular weight excluding hydrogens is 518 g/mol. The highest BCUT2D eigenvalue weighted by atomic mass is 79.9. The fourth-order valence-corrected chi connectivity index (χ4v) is 3.71. The van der Waals surface area contributed by atoms with Crippen molar-refractivity contribution in [3.63, 3.8) is 0 Å². The van der Waals surface area contributed by atoms with Crippen LogP contribution in [0.4, 0.5) is 11.5 Å². The highest BCUT2D eigenvalue weighted by Crippen LogP contribution is 2.23. The number of anilines is 2. The van der Waals surface area contributed by atoms with Crippen molar-refractivity contribution in [1.29, 1.82) is 5.41 Å². The zero-order valence-electron chi connectivity index (χ0n) is 18.9. The van der Waals surface area contributed by atoms with Crippen molar-refractivity contribution in [2.45, 2.75) is 20.3 Å². The first-order valence-corrected chi connectivity index (χ1v) is 12.0. The first-order chi connectivity index (χ1) is 16.3. The molecule has 1 heterocycles. The number of benzene rings is 2. The summed E-state index contributed by atoms with van der Waals surface area (Å²) in [6.45, 7) is 5.63. The van der Waals surface area contributed by atoms with Crippen molar-refractivity contribution in [3.8, 4) is 0 Å². The molecule has 176 valence electrons. The summed E-state index contributed by atoms with van der Waals surface area (Å²) in [5.41, 5.74) is 1.68. The Kier molecular flexibility index (Phi) is 8.79. The van der Waals surface area contributed by atoms with Crippen LogP contribution in [0.1, 0.15) is 46.5 Å². The van der Waals surface area contributed by atoms with Gasteiger partial charge in [-0.1, -0.05) is 30.7 Å². The third-order valence-electron chi connectivity index (χ3n) is 5.06. The minimum absolute atomic E-state index is 0.210. The van der Waals surface area contributed by atoms with Crippen LogP contribution in [-0.2, 0) is 0 Å². The van der Waals surface area contributed by atoms with E-state index in [9.17, 15) is 9.59 Å². The van der Waals surface area contributed by atoms with Crippen LogP contribution in [0.25, 0.3) is 0 Å². The van der Waals surface area contributed by atoms with E-state index in [4.69, 9.17) is 17.0 Å². The Bertz CT molecular complexity index is 1180. The van der Waals surface area contributed by atoms with Gasteiger partial charge in [0.15, 0.2) is 0 Å². The molecule has 2 amide bonds. The van der Waals surface area contributed by atoms with Gasteiger partial charge in [-0.2, -0.15) is 0 Å². The summed E-state index contributed by atoms with van der Waals surface area (Å²) < 4.78 is 0.787. The third kappa shape index (κ3) is 6.42. The highest BCUT2D eigenvalue weighted by Gasteiger charge is 2.17. The van der Waals surface area contributed by atoms with Crippen molar-refractivity contribution in [2.24, 2.45) is 0 Å². The fraction of sp³-hybridized carbons (Fsp3) is 0.200. The number of hydrogen-bond donors (Lipinski definition) is 3. The summed E-state index contributed by atoms with van der Waals surface area (Å²) in [5.74, 6) is -0.0358. The zero-order valence-corrected chi connectivity index (χ0v) is 21.2. The summed E-state index contributed by atoms with van der Waals surface area (Å²) >= 11 is 9.41. The summed E-state index contributed by atoms with van der Waals surface area (Å²) in [6.07, 6.45) is 2.52. The van der Waals surface area contributed by atoms with E-state index < -0.39 is 5.91 Å². The predicted octanol–water partition coefficient (Wildman–Crippen LogP) is 6.06. The molecule has 0 aliphatic heterocycles. The van der Waals surface area contributed by atoms with Crippen LogP contribution in [0.3, 0.4) is 0 Å². The van der Waals surface area contributed by atoms with E-state index in [2.05, 4.69) is 38.5 Å². The van der Waals surface area contributed by atoms with E-state index in [0.717, 1.165) is 29.5 Å². The van der Waals surface area contributed by atoms with Crippen LogP contribution in [0.15, 0.2) is 65.3 Å². The minimum Gasteiger partial charge on any atom is -0.357 e. The van der Waals surface area contributed by atoms with Gasteiger partial charge in [-0.15, -0.1) is 0 Å². The number of halogens is 2. The maximum atomic E-state index is 12.9. The van der Waals surface area contributed by atoms with E-state index in [0.29, 0.717) is 27.9 Å². The first-order valence-electron chi connectivity index (χ1n) is 10.8. The lowest BCUT2D eigenvalue weighted by Gasteiger charge is -2.23. The summed E-state index contributed by atoms with van der Waals surface area (Å²) in [6, 6.07) is 14.9. The number of amides is 2. The first kappa shape index (κ1) is 25.4. The van der Waals surface area contributed by atoms with Crippen molar-refractivity contribution in [2.75, 3.05) is 23.7 Å². The van der Waals surface area contributed by atoms with Gasteiger partial charge < -0.3 is 15.5 Å². The van der Waals surface area contributed by atoms with Crippen LogP contribution in [-0.4, -0.2) is 40.6 Å². The van der Waals surface area contributed by atoms with E-state index in [1.54, 1.807) is 54.7 Å². The molecule has 2 aromatic carbocycles. The smallest absolute Gasteiger partial charge is 0.258 e. The Labute approximate surface area is 212 Å². The number of carbonyl (C=O) groups is 2. The molecule has 0 fully saturated rings. The number of amidine groups is 1. The van der Waals surface area contributed by atoms with Crippen molar-refractivity contribution in [3.05, 3.63) is 87.0 Å². The Morgan fingerprint density at radius 2 is 1.71 bits per heavy atom. The van der Waals surface area contributed by atoms with Gasteiger partial charge in [0.25, 0.3) is 11.8 Å². The van der Waals surface area contributed by atoms with Crippen LogP contribution in [0, 0.1) is 5.41 Å². The predicted molar refractivity (Wildman–Crippen MR) is 140 cm³/mol. The number of rotatable bonds is 8. The molecule has 0 aliphatic rings. The molecule has 3 aromatic rings. The molecule has 0 spiro atoms. The van der Waals surface area contributed by atoms with E-state index in [1.807, 2.05) is 11.8 Å². The van der Waals surface area contributed by atoms with Gasteiger partial charge in [0.1, 0.15) is 11.7 Å². The average molecular weight is 543 g/mol. The monoisotopic (exact) mass is 541 g/mol. The van der Waals surface area contributed by atoms with Gasteiger partial charge in [-0.05, 0) is 71.7 Å². The standard InChI is InChI=1S/C25H25BrClN5O2/c1-3-13-32(4-2)23(28)16-5-7-17(8-6-16)24(33)30-21-11-10-19(27)14-20(21)25(34)31-22-12-9-18(26)15-29-22/h5-12,14-15,28H,3-4,13H2,1-2H3,(H,30,33)(H,29,31,34). The highest BCUT2D eigenvalue weighted by molar-refractivity contribution is 9.10. The summed E-state index contributed by atoms with van der Waals surface area (Å²) in [4.78, 5) is 31.9. The lowest BCUT2D eigenvalue weighted by atomic mass is 10.1. The average Bonchev–Trinajstić information content (AvgIpc) is 2.84. The van der Waals surface area contributed by atoms with Gasteiger partial charge >= 0.3 is 0 Å². The topological polar surface area (TPSA) is 98.2 Å². The number of aromatic nitrogens is 1. The lowest BCUT2D eigenvalue weighted by Crippen LogP contribution is -2.31. The molecule has 0 atom stereocenters. The van der Waals surface area contributed by atoms with Crippen LogP contribution in [0.5, 0.6) is 0 Å². The van der Waals surface area contributed by atoms with Gasteiger partial charge in [0.2, 0.25) is 0 Å². The van der Waals surface area contributed by atoms with Crippen molar-refractivity contribution < 1.29 is 9.59 Å². The number of carbonyl (C=O) groups excluding carboxylic acids is 2. The quantitative estimate of drug-likeness (QED) is 0.238. The molecule has 3 rings (SSSR count). The van der Waals surface area contributed by atoms with Crippen LogP contribution in [0.2, 0.25) is 5.02 Å². The number of pyridine rings is 1. The Balaban J connectivity index is 1.76. The Morgan fingerprint density at radius 3 is 2.32 bits per heavy atom. The normalized spacial score (nSPS) is 10.5. The molecule has 0 saturated heterocycles. The molecular formula is C25H25BrClN5O2. The minimum atomic E-state index is -0.452. The van der Waals surface area contributed by atoms with Crippen molar-refractivity contribution >= 4 is 56.7 Å². The molecule has 3 N–H and O–H groups in total. The second kappa shape index (κ2) is 11.8. The fourth-order valence-electron chi connectivity index (χ4n) is 3.30. The molecule has 0 radical (unpaired) electrons. The molecule has 1 aromatic heterocycles. The maximum Gasteiger partial charge on any atom is 0.258 e. The molecule has 34 heavy (non-hydrogen) atoms. The van der Waals surface area contributed by atoms with Crippen LogP contribution < -0.4 is 10.6 Å². The van der Waals surface area contributed by atoms with E-state index >= 15 is 0 Å². The Hall–Kier alpha value is -3.23. The molecule has 7 nitrogen and oxygen atoms in total. The molecule has 0 unspecified atom stereocenters. The van der Waals surface area contributed by atoms with E-state index in [1.165, 1.54) is 6.07 Å². The number of nitrogens with zero attached hydrogens (tertiary/aromatic N) is 2. The molecule has 9 heteroatoms. The van der Waals surface area contributed by atoms with Gasteiger partial charge in [-0.25, -0.2) is 4.98 Å². The lowest BCUT2D eigenvalue weighted by molar-refractivity contribution is 0.102. The largest absolute Gasteiger partial charge is 0.357 e. The maximum absolute atomic E-state index is 12.9. The Morgan fingerprint density at radius 1 is 1.00 bits per heavy atom. The number of hydrogen-bond acceptors (Lipinski definition) is 4. The van der Waals surface area contributed by atoms with E-state index in [-0.39, 0.29) is 11.5 Å². The second-order valence-corrected chi connectivity index (χ2v) is 8.82. The SMILES string of the molecule is CCCN(CC)C(=N)c1ccc(C(=O)Nc2ccc(Cl)cc2C(=O)Nc2ccc(Br)cn2)cc1. The number of nitrogens with one attached hydrogen (secondary N) is 3. The third-order valence-corrected chi connectivity index (χ3v) is 5.76. The summed E-state index contributed by atoms with van der Waals surface area (Å²) in [5, 5.41) is 14.3. The van der Waals surface area contributed by atoms with Gasteiger partial charge in [0, 0.05) is 39.9 Å². The molecule has 0 bridgehead atoms. The van der Waals surface area contributed by atoms with Gasteiger partial charge in [0.05, 0.1) is 11.3 Å².